The number of ether oxygens (including phenoxy) is 9. The molecule has 2 aromatic rings. The summed E-state index contributed by atoms with van der Waals surface area (Å²) >= 11 is 1.84. The minimum Gasteiger partial charge on any atom is -0.463 e. The fraction of sp³-hybridized carbons (Fsp3) is 0.617. The molecule has 25 heteroatoms. The highest BCUT2D eigenvalue weighted by atomic mass is 32.2. The number of thioether (sulfide) groups is 1. The third-order valence-electron chi connectivity index (χ3n) is 17.5. The minimum atomic E-state index is -2.48. The van der Waals surface area contributed by atoms with Crippen LogP contribution in [-0.2, 0) is 76.2 Å². The quantitative estimate of drug-likeness (QED) is 0.0259. The van der Waals surface area contributed by atoms with Crippen LogP contribution < -0.4 is 21.7 Å². The average Bonchev–Trinajstić information content (AvgIpc) is 1.03. The average molecular weight is 1210 g/mol. The van der Waals surface area contributed by atoms with Crippen molar-refractivity contribution < 1.29 is 96.0 Å². The van der Waals surface area contributed by atoms with Gasteiger partial charge in [-0.3, -0.25) is 28.8 Å². The normalized spacial score (nSPS) is 30.4. The van der Waals surface area contributed by atoms with Crippen molar-refractivity contribution in [3.63, 3.8) is 0 Å². The molecule has 6 aliphatic rings. The van der Waals surface area contributed by atoms with Gasteiger partial charge in [0.15, 0.2) is 23.6 Å². The molecule has 85 heavy (non-hydrogen) atoms. The molecule has 3 amide bonds. The molecule has 3 aliphatic heterocycles. The second-order valence-electron chi connectivity index (χ2n) is 23.2. The summed E-state index contributed by atoms with van der Waals surface area (Å²) < 4.78 is 53.3. The number of ketones is 1. The second kappa shape index (κ2) is 27.5. The minimum absolute atomic E-state index is 0.00145. The number of unbranched alkanes of at least 4 members (excludes halogenated alkanes) is 1. The Hall–Kier alpha value is -6.48. The van der Waals surface area contributed by atoms with Gasteiger partial charge in [0.1, 0.15) is 36.6 Å². The molecule has 3 aliphatic carbocycles. The highest BCUT2D eigenvalue weighted by Gasteiger charge is 2.79. The number of hydrogen-bond acceptors (Lipinski definition) is 22. The number of Topliss-reactive ketones (excluding diaryl/α,β-unsaturated/α-hetero) is 1. The number of amides is 3. The predicted molar refractivity (Wildman–Crippen MR) is 301 cm³/mol. The first-order valence-corrected chi connectivity index (χ1v) is 29.8. The molecule has 2 bridgehead atoms. The number of esters is 6. The zero-order valence-corrected chi connectivity index (χ0v) is 49.5. The lowest BCUT2D eigenvalue weighted by Crippen LogP contribution is -2.82. The molecule has 2 aromatic carbocycles. The first-order valence-electron chi connectivity index (χ1n) is 28.8. The smallest absolute Gasteiger partial charge is 0.338 e. The number of carbonyl (C=O) groups excluding carboxylic acids is 9. The number of nitrogens with two attached hydrogens (primary N) is 1. The van der Waals surface area contributed by atoms with E-state index in [4.69, 9.17) is 48.4 Å². The number of hydrogen-bond donors (Lipinski definition) is 6. The number of fused-ring (bicyclic) bond motifs is 6. The Labute approximate surface area is 496 Å². The van der Waals surface area contributed by atoms with E-state index in [2.05, 4.69) is 16.0 Å². The number of rotatable bonds is 26. The Morgan fingerprint density at radius 1 is 0.824 bits per heavy atom. The van der Waals surface area contributed by atoms with Crippen molar-refractivity contribution in [3.05, 3.63) is 82.9 Å². The first kappa shape index (κ1) is 64.5. The van der Waals surface area contributed by atoms with Crippen molar-refractivity contribution in [1.82, 2.24) is 16.0 Å². The van der Waals surface area contributed by atoms with Gasteiger partial charge in [-0.25, -0.2) is 14.4 Å². The summed E-state index contributed by atoms with van der Waals surface area (Å²) in [5.41, 5.74) is -1.52. The third-order valence-corrected chi connectivity index (χ3v) is 19.0. The van der Waals surface area contributed by atoms with Gasteiger partial charge in [-0.15, -0.1) is 0 Å². The van der Waals surface area contributed by atoms with Gasteiger partial charge in [0.2, 0.25) is 5.91 Å². The largest absolute Gasteiger partial charge is 0.463 e. The van der Waals surface area contributed by atoms with E-state index in [-0.39, 0.29) is 80.2 Å². The maximum absolute atomic E-state index is 16.2. The van der Waals surface area contributed by atoms with E-state index in [0.717, 1.165) is 38.9 Å². The zero-order valence-electron chi connectivity index (χ0n) is 48.7. The van der Waals surface area contributed by atoms with Crippen LogP contribution in [0.1, 0.15) is 115 Å². The van der Waals surface area contributed by atoms with Gasteiger partial charge in [0.05, 0.1) is 80.9 Å². The van der Waals surface area contributed by atoms with Gasteiger partial charge >= 0.3 is 41.8 Å². The SMILES string of the molecule is CC(=O)O[C@H]1C(=O)[C@]2(C)[C@@H](OC(=O)CCC(=O)OCCOCCOCCNC(=O)CCCC[C@@H]3SC[C@@H]4NC(=O)N[C@@H]43)C[C@H]3OC[C@@]3(OC(C)=O)[C@H]2[C@H](OC(=O)c2ccccc2)[C@]2(O)C[C@H](OC(=O)[C@H](O)[C@@H](N)c3ccccc3)C(C)=C1C2(C)C. The Morgan fingerprint density at radius 3 is 2.16 bits per heavy atom. The zero-order chi connectivity index (χ0) is 61.4. The number of nitrogens with one attached hydrogen (secondary N) is 3. The third kappa shape index (κ3) is 13.9. The summed E-state index contributed by atoms with van der Waals surface area (Å²) in [6.45, 7) is 8.50. The molecule has 3 saturated heterocycles. The molecule has 14 atom stereocenters. The molecular formula is C60H78N4O20S. The molecule has 0 aromatic heterocycles. The number of urea groups is 1. The van der Waals surface area contributed by atoms with E-state index < -0.39 is 138 Å². The lowest BCUT2D eigenvalue weighted by Gasteiger charge is -2.67. The maximum Gasteiger partial charge on any atom is 0.338 e. The van der Waals surface area contributed by atoms with E-state index in [1.807, 2.05) is 11.8 Å². The Bertz CT molecular complexity index is 2840. The summed E-state index contributed by atoms with van der Waals surface area (Å²) in [6.07, 6.45) is -9.07. The molecule has 2 saturated carbocycles. The molecule has 464 valence electrons. The summed E-state index contributed by atoms with van der Waals surface area (Å²) in [4.78, 5) is 122. The standard InChI is InChI=1S/C60H78N4O20S/c1-33-39(81-55(73)49(70)47(61)36-15-9-7-10-16-36)30-60(75)53(83-54(72)37-17-11-8-12-18-37)51-58(6,52(71)50(80-34(2)65)46(33)57(60,4)5)41(29-42-59(51,32-79-42)84-35(3)66)82-45(69)22-21-44(68)78-28-27-77-26-25-76-24-23-62-43(67)20-14-13-19-40-48-38(31-85-40)63-56(74)64-48/h7-12,15-18,38-42,47-51,53,70,75H,13-14,19-32,61H2,1-6H3,(H,62,67)(H2,63,64,74)/t38-,39-,40-,41-,42+,47-,48-,49+,50+,51-,53-,58+,59-,60+/m0/s1. The predicted octanol–water partition coefficient (Wildman–Crippen LogP) is 3.01. The second-order valence-corrected chi connectivity index (χ2v) is 24.5. The van der Waals surface area contributed by atoms with Crippen LogP contribution in [0.2, 0.25) is 0 Å². The van der Waals surface area contributed by atoms with Crippen LogP contribution in [0.5, 0.6) is 0 Å². The van der Waals surface area contributed by atoms with Crippen molar-refractivity contribution >= 4 is 65.3 Å². The van der Waals surface area contributed by atoms with E-state index in [1.54, 1.807) is 48.5 Å². The van der Waals surface area contributed by atoms with Crippen LogP contribution in [0, 0.1) is 16.7 Å². The summed E-state index contributed by atoms with van der Waals surface area (Å²) in [5, 5.41) is 34.3. The van der Waals surface area contributed by atoms with Gasteiger partial charge in [-0.2, -0.15) is 11.8 Å². The molecule has 5 fully saturated rings. The Kier molecular flexibility index (Phi) is 20.9. The van der Waals surface area contributed by atoms with Crippen LogP contribution in [0.25, 0.3) is 0 Å². The van der Waals surface area contributed by atoms with Crippen molar-refractivity contribution in [1.29, 1.82) is 0 Å². The van der Waals surface area contributed by atoms with Gasteiger partial charge in [0.25, 0.3) is 0 Å². The van der Waals surface area contributed by atoms with Gasteiger partial charge in [0, 0.05) is 56.1 Å². The first-order chi connectivity index (χ1) is 40.4. The van der Waals surface area contributed by atoms with E-state index >= 15 is 4.79 Å². The number of benzene rings is 2. The van der Waals surface area contributed by atoms with E-state index in [9.17, 15) is 48.6 Å². The van der Waals surface area contributed by atoms with Crippen LogP contribution in [0.4, 0.5) is 4.79 Å². The number of aliphatic hydroxyl groups is 2. The van der Waals surface area contributed by atoms with E-state index in [1.165, 1.54) is 39.8 Å². The van der Waals surface area contributed by atoms with Crippen molar-refractivity contribution in [2.24, 2.45) is 22.5 Å². The molecule has 8 rings (SSSR count). The summed E-state index contributed by atoms with van der Waals surface area (Å²) in [5.74, 6) is -7.58. The number of aliphatic hydroxyl groups excluding tert-OH is 1. The fourth-order valence-electron chi connectivity index (χ4n) is 13.0. The molecule has 0 spiro atoms. The van der Waals surface area contributed by atoms with Gasteiger partial charge in [-0.1, -0.05) is 68.8 Å². The number of carbonyl (C=O) groups is 9. The van der Waals surface area contributed by atoms with Crippen molar-refractivity contribution in [2.45, 2.75) is 164 Å². The van der Waals surface area contributed by atoms with Gasteiger partial charge in [-0.05, 0) is 55.5 Å². The van der Waals surface area contributed by atoms with Gasteiger partial charge < -0.3 is 74.5 Å². The molecular weight excluding hydrogens is 1130 g/mol. The van der Waals surface area contributed by atoms with E-state index in [0.29, 0.717) is 23.8 Å². The summed E-state index contributed by atoms with van der Waals surface area (Å²) in [7, 11) is 0. The Morgan fingerprint density at radius 2 is 1.49 bits per heavy atom. The monoisotopic (exact) mass is 1210 g/mol. The molecule has 0 unspecified atom stereocenters. The van der Waals surface area contributed by atoms with Crippen LogP contribution in [0.3, 0.4) is 0 Å². The lowest BCUT2D eigenvalue weighted by molar-refractivity contribution is -0.346. The van der Waals surface area contributed by atoms with Crippen LogP contribution in [-0.4, -0.2) is 181 Å². The molecule has 7 N–H and O–H groups in total. The fourth-order valence-corrected chi connectivity index (χ4v) is 14.6. The van der Waals surface area contributed by atoms with Crippen molar-refractivity contribution in [3.8, 4) is 0 Å². The lowest BCUT2D eigenvalue weighted by atomic mass is 9.44. The van der Waals surface area contributed by atoms with Crippen molar-refractivity contribution in [2.75, 3.05) is 51.9 Å². The molecule has 24 nitrogen and oxygen atoms in total. The molecule has 3 heterocycles. The topological polar surface area (TPSA) is 339 Å². The maximum atomic E-state index is 16.2. The van der Waals surface area contributed by atoms with Crippen LogP contribution >= 0.6 is 11.8 Å². The Balaban J connectivity index is 0.935. The van der Waals surface area contributed by atoms with Crippen LogP contribution in [0.15, 0.2) is 71.8 Å². The highest BCUT2D eigenvalue weighted by molar-refractivity contribution is 8.00. The summed E-state index contributed by atoms with van der Waals surface area (Å²) in [6, 6.07) is 14.9. The highest BCUT2D eigenvalue weighted by Crippen LogP contribution is 2.65. The molecule has 0 radical (unpaired) electrons.